The normalized spacial score (nSPS) is 10.1. The van der Waals surface area contributed by atoms with Crippen LogP contribution in [-0.2, 0) is 16.1 Å². The van der Waals surface area contributed by atoms with Crippen molar-refractivity contribution in [1.29, 1.82) is 0 Å². The van der Waals surface area contributed by atoms with Crippen molar-refractivity contribution < 1.29 is 9.59 Å². The van der Waals surface area contributed by atoms with E-state index in [-0.39, 0.29) is 24.3 Å². The average Bonchev–Trinajstić information content (AvgIpc) is 2.34. The molecule has 0 spiro atoms. The molecular formula is C12H17N3O2. The summed E-state index contributed by atoms with van der Waals surface area (Å²) in [7, 11) is 0. The zero-order valence-corrected chi connectivity index (χ0v) is 10.1. The second-order valence-electron chi connectivity index (χ2n) is 4.01. The highest BCUT2D eigenvalue weighted by Crippen LogP contribution is 1.94. The van der Waals surface area contributed by atoms with E-state index >= 15 is 0 Å². The molecule has 0 radical (unpaired) electrons. The molecule has 0 aliphatic heterocycles. The lowest BCUT2D eigenvalue weighted by Gasteiger charge is -2.08. The van der Waals surface area contributed by atoms with Gasteiger partial charge in [-0.15, -0.1) is 0 Å². The number of hydrogen-bond donors (Lipinski definition) is 2. The van der Waals surface area contributed by atoms with E-state index in [2.05, 4.69) is 15.6 Å². The van der Waals surface area contributed by atoms with Gasteiger partial charge in [0, 0.05) is 24.9 Å². The van der Waals surface area contributed by atoms with Crippen LogP contribution in [-0.4, -0.2) is 23.3 Å². The Labute approximate surface area is 101 Å². The van der Waals surface area contributed by atoms with Crippen LogP contribution < -0.4 is 10.6 Å². The first-order valence-electron chi connectivity index (χ1n) is 5.53. The number of nitrogens with one attached hydrogen (secondary N) is 2. The number of carbonyl (C=O) groups excluding carboxylic acids is 2. The van der Waals surface area contributed by atoms with Gasteiger partial charge < -0.3 is 10.6 Å². The maximum Gasteiger partial charge on any atom is 0.239 e. The van der Waals surface area contributed by atoms with E-state index in [1.54, 1.807) is 26.2 Å². The third-order valence-corrected chi connectivity index (χ3v) is 2.16. The van der Waals surface area contributed by atoms with Crippen LogP contribution in [0.25, 0.3) is 0 Å². The first-order chi connectivity index (χ1) is 8.09. The highest BCUT2D eigenvalue weighted by Gasteiger charge is 2.08. The maximum atomic E-state index is 11.4. The number of hydrogen-bond acceptors (Lipinski definition) is 3. The van der Waals surface area contributed by atoms with Crippen LogP contribution in [0.2, 0.25) is 0 Å². The molecule has 0 saturated carbocycles. The van der Waals surface area contributed by atoms with Crippen LogP contribution in [0.5, 0.6) is 0 Å². The summed E-state index contributed by atoms with van der Waals surface area (Å²) in [6, 6.07) is 3.68. The number of pyridine rings is 1. The summed E-state index contributed by atoms with van der Waals surface area (Å²) in [5.41, 5.74) is 0.927. The Morgan fingerprint density at radius 3 is 2.71 bits per heavy atom. The summed E-state index contributed by atoms with van der Waals surface area (Å²) in [6.45, 7) is 3.99. The predicted molar refractivity (Wildman–Crippen MR) is 63.9 cm³/mol. The van der Waals surface area contributed by atoms with E-state index in [1.165, 1.54) is 0 Å². The van der Waals surface area contributed by atoms with Crippen LogP contribution >= 0.6 is 0 Å². The molecule has 92 valence electrons. The molecule has 17 heavy (non-hydrogen) atoms. The lowest BCUT2D eigenvalue weighted by atomic mass is 10.2. The van der Waals surface area contributed by atoms with Gasteiger partial charge in [-0.2, -0.15) is 0 Å². The largest absolute Gasteiger partial charge is 0.350 e. The standard InChI is InChI=1S/C12H17N3O2/c1-9(2)12(17)15-8-11(16)14-7-10-4-3-5-13-6-10/h3-6,9H,7-8H2,1-2H3,(H,14,16)(H,15,17). The highest BCUT2D eigenvalue weighted by atomic mass is 16.2. The van der Waals surface area contributed by atoms with Crippen molar-refractivity contribution >= 4 is 11.8 Å². The molecule has 1 heterocycles. The molecule has 1 rings (SSSR count). The maximum absolute atomic E-state index is 11.4. The van der Waals surface area contributed by atoms with Crippen molar-refractivity contribution in [2.24, 2.45) is 5.92 Å². The Kier molecular flexibility index (Phi) is 5.13. The number of nitrogens with zero attached hydrogens (tertiary/aromatic N) is 1. The summed E-state index contributed by atoms with van der Waals surface area (Å²) < 4.78 is 0. The Morgan fingerprint density at radius 1 is 1.35 bits per heavy atom. The van der Waals surface area contributed by atoms with Crippen molar-refractivity contribution in [1.82, 2.24) is 15.6 Å². The number of carbonyl (C=O) groups is 2. The lowest BCUT2D eigenvalue weighted by Crippen LogP contribution is -2.38. The molecular weight excluding hydrogens is 218 g/mol. The summed E-state index contributed by atoms with van der Waals surface area (Å²) in [5.74, 6) is -0.439. The van der Waals surface area contributed by atoms with Crippen LogP contribution in [0.3, 0.4) is 0 Å². The molecule has 2 N–H and O–H groups in total. The Balaban J connectivity index is 2.24. The molecule has 0 unspecified atom stereocenters. The molecule has 2 amide bonds. The molecule has 0 atom stereocenters. The molecule has 0 saturated heterocycles. The van der Waals surface area contributed by atoms with E-state index in [0.29, 0.717) is 6.54 Å². The predicted octanol–water partition coefficient (Wildman–Crippen LogP) is 0.470. The number of aromatic nitrogens is 1. The molecule has 5 heteroatoms. The monoisotopic (exact) mass is 235 g/mol. The fraction of sp³-hybridized carbons (Fsp3) is 0.417. The minimum atomic E-state index is -0.206. The molecule has 0 bridgehead atoms. The molecule has 5 nitrogen and oxygen atoms in total. The average molecular weight is 235 g/mol. The van der Waals surface area contributed by atoms with Crippen molar-refractivity contribution in [3.05, 3.63) is 30.1 Å². The molecule has 1 aromatic heterocycles. The van der Waals surface area contributed by atoms with Crippen molar-refractivity contribution in [3.8, 4) is 0 Å². The zero-order chi connectivity index (χ0) is 12.7. The fourth-order valence-corrected chi connectivity index (χ4v) is 1.14. The van der Waals surface area contributed by atoms with Gasteiger partial charge in [0.25, 0.3) is 0 Å². The van der Waals surface area contributed by atoms with Gasteiger partial charge in [-0.3, -0.25) is 14.6 Å². The van der Waals surface area contributed by atoms with Crippen molar-refractivity contribution in [3.63, 3.8) is 0 Å². The number of rotatable bonds is 5. The molecule has 1 aromatic rings. The van der Waals surface area contributed by atoms with Gasteiger partial charge in [0.05, 0.1) is 6.54 Å². The second-order valence-corrected chi connectivity index (χ2v) is 4.01. The molecule has 0 aliphatic rings. The van der Waals surface area contributed by atoms with Crippen LogP contribution in [0, 0.1) is 5.92 Å². The topological polar surface area (TPSA) is 71.1 Å². The minimum absolute atomic E-state index is 0.0112. The Bertz CT molecular complexity index is 377. The zero-order valence-electron chi connectivity index (χ0n) is 10.1. The van der Waals surface area contributed by atoms with Crippen LogP contribution in [0.4, 0.5) is 0 Å². The van der Waals surface area contributed by atoms with Crippen molar-refractivity contribution in [2.75, 3.05) is 6.54 Å². The van der Waals surface area contributed by atoms with Gasteiger partial charge in [0.1, 0.15) is 0 Å². The van der Waals surface area contributed by atoms with Gasteiger partial charge in [0.2, 0.25) is 11.8 Å². The van der Waals surface area contributed by atoms with Crippen molar-refractivity contribution in [2.45, 2.75) is 20.4 Å². The quantitative estimate of drug-likeness (QED) is 0.779. The third-order valence-electron chi connectivity index (χ3n) is 2.16. The van der Waals surface area contributed by atoms with E-state index in [1.807, 2.05) is 12.1 Å². The smallest absolute Gasteiger partial charge is 0.239 e. The highest BCUT2D eigenvalue weighted by molar-refractivity contribution is 5.85. The van der Waals surface area contributed by atoms with Crippen LogP contribution in [0.15, 0.2) is 24.5 Å². The van der Waals surface area contributed by atoms with E-state index in [9.17, 15) is 9.59 Å². The first-order valence-corrected chi connectivity index (χ1v) is 5.53. The molecule has 0 aromatic carbocycles. The summed E-state index contributed by atoms with van der Waals surface area (Å²) in [4.78, 5) is 26.6. The van der Waals surface area contributed by atoms with Gasteiger partial charge in [0.15, 0.2) is 0 Å². The van der Waals surface area contributed by atoms with E-state index in [0.717, 1.165) is 5.56 Å². The minimum Gasteiger partial charge on any atom is -0.350 e. The fourth-order valence-electron chi connectivity index (χ4n) is 1.14. The summed E-state index contributed by atoms with van der Waals surface area (Å²) in [5, 5.41) is 5.25. The lowest BCUT2D eigenvalue weighted by molar-refractivity contribution is -0.127. The summed E-state index contributed by atoms with van der Waals surface area (Å²) >= 11 is 0. The second kappa shape index (κ2) is 6.62. The summed E-state index contributed by atoms with van der Waals surface area (Å²) in [6.07, 6.45) is 3.36. The van der Waals surface area contributed by atoms with Gasteiger partial charge in [-0.1, -0.05) is 19.9 Å². The Morgan fingerprint density at radius 2 is 2.12 bits per heavy atom. The first kappa shape index (κ1) is 13.2. The van der Waals surface area contributed by atoms with Crippen LogP contribution in [0.1, 0.15) is 19.4 Å². The van der Waals surface area contributed by atoms with E-state index < -0.39 is 0 Å². The van der Waals surface area contributed by atoms with Gasteiger partial charge in [-0.25, -0.2) is 0 Å². The van der Waals surface area contributed by atoms with Gasteiger partial charge >= 0.3 is 0 Å². The van der Waals surface area contributed by atoms with E-state index in [4.69, 9.17) is 0 Å². The third kappa shape index (κ3) is 5.10. The SMILES string of the molecule is CC(C)C(=O)NCC(=O)NCc1cccnc1. The Hall–Kier alpha value is -1.91. The van der Waals surface area contributed by atoms with Gasteiger partial charge in [-0.05, 0) is 11.6 Å². The number of amides is 2. The molecule has 0 aliphatic carbocycles. The molecule has 0 fully saturated rings.